The summed E-state index contributed by atoms with van der Waals surface area (Å²) in [7, 11) is 0. The minimum Gasteiger partial charge on any atom is -0.373 e. The molecule has 0 fully saturated rings. The molecule has 3 rings (SSSR count). The van der Waals surface area contributed by atoms with Gasteiger partial charge >= 0.3 is 0 Å². The third-order valence-corrected chi connectivity index (χ3v) is 4.42. The fourth-order valence-corrected chi connectivity index (χ4v) is 2.81. The van der Waals surface area contributed by atoms with Gasteiger partial charge in [0.1, 0.15) is 5.82 Å². The Bertz CT molecular complexity index is 676. The van der Waals surface area contributed by atoms with Gasteiger partial charge in [-0.1, -0.05) is 56.1 Å². The molecule has 1 aromatic heterocycles. The minimum atomic E-state index is -1.31. The number of H-pyrrole nitrogens is 1. The fourth-order valence-electron chi connectivity index (χ4n) is 2.29. The number of aromatic nitrogens is 2. The summed E-state index contributed by atoms with van der Waals surface area (Å²) < 4.78 is 1.92. The maximum Gasteiger partial charge on any atom is 0.172 e. The summed E-state index contributed by atoms with van der Waals surface area (Å²) in [6.45, 7) is 0. The average molecular weight is 408 g/mol. The molecular weight excluding hydrogens is 396 g/mol. The smallest absolute Gasteiger partial charge is 0.172 e. The fraction of sp³-hybridized carbons (Fsp3) is 0.0625. The van der Waals surface area contributed by atoms with Gasteiger partial charge in [0.2, 0.25) is 0 Å². The van der Waals surface area contributed by atoms with Crippen molar-refractivity contribution >= 4 is 31.9 Å². The molecule has 1 heterocycles. The van der Waals surface area contributed by atoms with Crippen molar-refractivity contribution in [3.05, 3.63) is 86.8 Å². The molecule has 2 N–H and O–H groups in total. The Kier molecular flexibility index (Phi) is 3.97. The van der Waals surface area contributed by atoms with Crippen molar-refractivity contribution in [1.29, 1.82) is 0 Å². The largest absolute Gasteiger partial charge is 0.373 e. The number of nitrogens with one attached hydrogen (secondary N) is 1. The number of aromatic amines is 1. The van der Waals surface area contributed by atoms with E-state index < -0.39 is 5.60 Å². The number of aliphatic hydroxyl groups is 1. The Morgan fingerprint density at radius 3 is 1.71 bits per heavy atom. The first-order chi connectivity index (χ1) is 10.1. The lowest BCUT2D eigenvalue weighted by atomic mass is 9.85. The lowest BCUT2D eigenvalue weighted by molar-refractivity contribution is 0.116. The van der Waals surface area contributed by atoms with Gasteiger partial charge in [-0.3, -0.25) is 0 Å². The van der Waals surface area contributed by atoms with Crippen LogP contribution in [0.2, 0.25) is 0 Å². The number of halogens is 2. The monoisotopic (exact) mass is 406 g/mol. The predicted molar refractivity (Wildman–Crippen MR) is 89.0 cm³/mol. The van der Waals surface area contributed by atoms with E-state index in [0.29, 0.717) is 5.82 Å². The Balaban J connectivity index is 2.20. The summed E-state index contributed by atoms with van der Waals surface area (Å²) in [5.41, 5.74) is 0.191. The molecule has 0 unspecified atom stereocenters. The van der Waals surface area contributed by atoms with Crippen LogP contribution in [-0.2, 0) is 5.60 Å². The average Bonchev–Trinajstić information content (AvgIpc) is 3.02. The summed E-state index contributed by atoms with van der Waals surface area (Å²) in [6.07, 6.45) is 3.34. The van der Waals surface area contributed by atoms with Crippen molar-refractivity contribution < 1.29 is 5.11 Å². The van der Waals surface area contributed by atoms with Gasteiger partial charge in [-0.25, -0.2) is 4.98 Å². The molecule has 21 heavy (non-hydrogen) atoms. The third kappa shape index (κ3) is 2.69. The second-order valence-electron chi connectivity index (χ2n) is 4.66. The van der Waals surface area contributed by atoms with Gasteiger partial charge in [-0.15, -0.1) is 0 Å². The third-order valence-electron chi connectivity index (χ3n) is 3.36. The molecule has 0 saturated carbocycles. The van der Waals surface area contributed by atoms with Crippen LogP contribution in [0.25, 0.3) is 0 Å². The highest BCUT2D eigenvalue weighted by Crippen LogP contribution is 2.35. The second kappa shape index (κ2) is 5.75. The highest BCUT2D eigenvalue weighted by atomic mass is 79.9. The topological polar surface area (TPSA) is 48.9 Å². The number of rotatable bonds is 3. The minimum absolute atomic E-state index is 0.493. The van der Waals surface area contributed by atoms with E-state index in [1.54, 1.807) is 12.4 Å². The van der Waals surface area contributed by atoms with Gasteiger partial charge < -0.3 is 10.1 Å². The van der Waals surface area contributed by atoms with Gasteiger partial charge in [-0.2, -0.15) is 0 Å². The molecule has 2 aromatic carbocycles. The van der Waals surface area contributed by atoms with E-state index in [9.17, 15) is 5.11 Å². The summed E-state index contributed by atoms with van der Waals surface area (Å²) in [6, 6.07) is 15.2. The molecule has 0 bridgehead atoms. The van der Waals surface area contributed by atoms with Gasteiger partial charge in [0.05, 0.1) is 0 Å². The molecule has 5 heteroatoms. The molecule has 0 aliphatic rings. The molecular formula is C16H12Br2N2O. The maximum atomic E-state index is 11.4. The summed E-state index contributed by atoms with van der Waals surface area (Å²) in [4.78, 5) is 7.28. The highest BCUT2D eigenvalue weighted by molar-refractivity contribution is 9.10. The summed E-state index contributed by atoms with van der Waals surface area (Å²) in [5, 5.41) is 11.4. The van der Waals surface area contributed by atoms with Crippen LogP contribution >= 0.6 is 31.9 Å². The lowest BCUT2D eigenvalue weighted by Gasteiger charge is -2.27. The highest BCUT2D eigenvalue weighted by Gasteiger charge is 2.36. The maximum absolute atomic E-state index is 11.4. The molecule has 3 nitrogen and oxygen atoms in total. The van der Waals surface area contributed by atoms with Crippen LogP contribution in [0.3, 0.4) is 0 Å². The molecule has 0 amide bonds. The molecule has 0 radical (unpaired) electrons. The molecule has 0 aliphatic carbocycles. The number of benzene rings is 2. The van der Waals surface area contributed by atoms with Crippen LogP contribution in [0, 0.1) is 0 Å². The van der Waals surface area contributed by atoms with Crippen molar-refractivity contribution in [2.24, 2.45) is 0 Å². The summed E-state index contributed by atoms with van der Waals surface area (Å²) >= 11 is 6.83. The molecule has 3 aromatic rings. The normalized spacial score (nSPS) is 11.6. The summed E-state index contributed by atoms with van der Waals surface area (Å²) in [5.74, 6) is 0.493. The molecule has 106 valence electrons. The number of nitrogens with zero attached hydrogens (tertiary/aromatic N) is 1. The molecule has 0 spiro atoms. The Morgan fingerprint density at radius 2 is 1.33 bits per heavy atom. The van der Waals surface area contributed by atoms with E-state index in [-0.39, 0.29) is 0 Å². The second-order valence-corrected chi connectivity index (χ2v) is 6.49. The molecule has 0 atom stereocenters. The number of hydrogen-bond donors (Lipinski definition) is 2. The number of hydrogen-bond acceptors (Lipinski definition) is 2. The van der Waals surface area contributed by atoms with Crippen LogP contribution in [0.15, 0.2) is 69.9 Å². The van der Waals surface area contributed by atoms with Gasteiger partial charge in [0.25, 0.3) is 0 Å². The zero-order chi connectivity index (χ0) is 14.9. The Labute approximate surface area is 139 Å². The molecule has 0 aliphatic heterocycles. The predicted octanol–water partition coefficient (Wildman–Crippen LogP) is 4.22. The zero-order valence-electron chi connectivity index (χ0n) is 10.9. The molecule has 0 saturated heterocycles. The van der Waals surface area contributed by atoms with Crippen LogP contribution < -0.4 is 0 Å². The zero-order valence-corrected chi connectivity index (χ0v) is 14.1. The van der Waals surface area contributed by atoms with E-state index in [0.717, 1.165) is 20.1 Å². The van der Waals surface area contributed by atoms with Crippen molar-refractivity contribution in [3.63, 3.8) is 0 Å². The van der Waals surface area contributed by atoms with Crippen molar-refractivity contribution in [2.45, 2.75) is 5.60 Å². The van der Waals surface area contributed by atoms with E-state index >= 15 is 0 Å². The van der Waals surface area contributed by atoms with Crippen LogP contribution in [0.1, 0.15) is 17.0 Å². The van der Waals surface area contributed by atoms with Gasteiger partial charge in [0.15, 0.2) is 5.60 Å². The Hall–Kier alpha value is -1.43. The quantitative estimate of drug-likeness (QED) is 0.682. The van der Waals surface area contributed by atoms with Crippen molar-refractivity contribution in [1.82, 2.24) is 9.97 Å². The number of imidazole rings is 1. The Morgan fingerprint density at radius 1 is 0.857 bits per heavy atom. The van der Waals surface area contributed by atoms with Crippen molar-refractivity contribution in [3.8, 4) is 0 Å². The van der Waals surface area contributed by atoms with Gasteiger partial charge in [-0.05, 0) is 35.4 Å². The van der Waals surface area contributed by atoms with Crippen LogP contribution in [0.5, 0.6) is 0 Å². The van der Waals surface area contributed by atoms with Gasteiger partial charge in [0, 0.05) is 21.3 Å². The first-order valence-corrected chi connectivity index (χ1v) is 7.93. The first kappa shape index (κ1) is 14.5. The van der Waals surface area contributed by atoms with E-state index in [1.807, 2.05) is 48.5 Å². The standard InChI is InChI=1S/C16H12Br2N2O/c17-13-5-1-11(2-6-13)16(21,15-19-9-10-20-15)12-3-7-14(18)8-4-12/h1-10,21H,(H,19,20). The first-order valence-electron chi connectivity index (χ1n) is 6.35. The van der Waals surface area contributed by atoms with E-state index in [1.165, 1.54) is 0 Å². The van der Waals surface area contributed by atoms with E-state index in [4.69, 9.17) is 0 Å². The van der Waals surface area contributed by atoms with Crippen molar-refractivity contribution in [2.75, 3.05) is 0 Å². The van der Waals surface area contributed by atoms with Crippen LogP contribution in [-0.4, -0.2) is 15.1 Å². The van der Waals surface area contributed by atoms with Crippen LogP contribution in [0.4, 0.5) is 0 Å². The lowest BCUT2D eigenvalue weighted by Crippen LogP contribution is -2.30. The SMILES string of the molecule is OC(c1ccc(Br)cc1)(c1ccc(Br)cc1)c1ncc[nH]1. The van der Waals surface area contributed by atoms with E-state index in [2.05, 4.69) is 41.8 Å².